The third-order valence-corrected chi connectivity index (χ3v) is 2.96. The molecular formula is C13H25Br. The molecular weight excluding hydrogens is 236 g/mol. The zero-order valence-corrected chi connectivity index (χ0v) is 11.2. The second-order valence-electron chi connectivity index (χ2n) is 3.86. The maximum atomic E-state index is 3.43. The molecule has 0 heterocycles. The van der Waals surface area contributed by atoms with E-state index >= 15 is 0 Å². The molecule has 84 valence electrons. The molecule has 0 rings (SSSR count). The minimum atomic E-state index is 1.13. The van der Waals surface area contributed by atoms with Gasteiger partial charge in [0.05, 0.1) is 0 Å². The first-order valence-corrected chi connectivity index (χ1v) is 7.25. The largest absolute Gasteiger partial charge is 0.0928 e. The molecule has 14 heavy (non-hydrogen) atoms. The van der Waals surface area contributed by atoms with E-state index in [0.717, 1.165) is 5.33 Å². The summed E-state index contributed by atoms with van der Waals surface area (Å²) in [6.45, 7) is 2.27. The molecule has 0 saturated carbocycles. The quantitative estimate of drug-likeness (QED) is 0.278. The number of halogens is 1. The van der Waals surface area contributed by atoms with Gasteiger partial charge in [0.15, 0.2) is 0 Å². The molecule has 0 saturated heterocycles. The van der Waals surface area contributed by atoms with Crippen LogP contribution in [0.2, 0.25) is 0 Å². The van der Waals surface area contributed by atoms with Crippen molar-refractivity contribution < 1.29 is 0 Å². The Bertz CT molecular complexity index is 118. The molecule has 0 aromatic rings. The highest BCUT2D eigenvalue weighted by Gasteiger charge is 1.87. The summed E-state index contributed by atoms with van der Waals surface area (Å²) in [4.78, 5) is 0. The van der Waals surface area contributed by atoms with Gasteiger partial charge < -0.3 is 0 Å². The van der Waals surface area contributed by atoms with Gasteiger partial charge in [-0.2, -0.15) is 0 Å². The Morgan fingerprint density at radius 3 is 2.00 bits per heavy atom. The Morgan fingerprint density at radius 1 is 0.786 bits per heavy atom. The Hall–Kier alpha value is 0.220. The molecule has 0 fully saturated rings. The molecule has 0 N–H and O–H groups in total. The summed E-state index contributed by atoms with van der Waals surface area (Å²) < 4.78 is 0. The lowest BCUT2D eigenvalue weighted by Crippen LogP contribution is -1.77. The molecule has 0 radical (unpaired) electrons. The standard InChI is InChI=1S/C13H25Br/c1-2-3-4-5-6-7-8-9-10-11-12-13-14/h9-10H,2-8,11-13H2,1H3/b10-9+. The zero-order chi connectivity index (χ0) is 10.5. The van der Waals surface area contributed by atoms with E-state index in [9.17, 15) is 0 Å². The Morgan fingerprint density at radius 2 is 1.36 bits per heavy atom. The van der Waals surface area contributed by atoms with Gasteiger partial charge in [0, 0.05) is 5.33 Å². The average Bonchev–Trinajstić information content (AvgIpc) is 2.21. The van der Waals surface area contributed by atoms with E-state index in [1.165, 1.54) is 57.8 Å². The van der Waals surface area contributed by atoms with Crippen molar-refractivity contribution in [3.8, 4) is 0 Å². The first-order chi connectivity index (χ1) is 6.91. The fourth-order valence-corrected chi connectivity index (χ4v) is 1.80. The minimum Gasteiger partial charge on any atom is -0.0928 e. The SMILES string of the molecule is CCCCCCCC/C=C/CCCBr. The molecule has 0 spiro atoms. The minimum absolute atomic E-state index is 1.13. The highest BCUT2D eigenvalue weighted by molar-refractivity contribution is 9.09. The number of alkyl halides is 1. The van der Waals surface area contributed by atoms with E-state index in [0.29, 0.717) is 0 Å². The molecule has 0 aliphatic carbocycles. The van der Waals surface area contributed by atoms with Gasteiger partial charge in [0.25, 0.3) is 0 Å². The number of unbranched alkanes of at least 4 members (excludes halogenated alkanes) is 7. The molecule has 0 bridgehead atoms. The van der Waals surface area contributed by atoms with Gasteiger partial charge in [-0.15, -0.1) is 0 Å². The van der Waals surface area contributed by atoms with Gasteiger partial charge in [-0.25, -0.2) is 0 Å². The zero-order valence-electron chi connectivity index (χ0n) is 9.60. The van der Waals surface area contributed by atoms with E-state index in [4.69, 9.17) is 0 Å². The Labute approximate surface area is 98.3 Å². The molecule has 0 aliphatic heterocycles. The molecule has 0 aromatic carbocycles. The summed E-state index contributed by atoms with van der Waals surface area (Å²) in [5.74, 6) is 0. The maximum Gasteiger partial charge on any atom is 0.00342 e. The summed E-state index contributed by atoms with van der Waals surface area (Å²) in [7, 11) is 0. The monoisotopic (exact) mass is 260 g/mol. The van der Waals surface area contributed by atoms with E-state index < -0.39 is 0 Å². The lowest BCUT2D eigenvalue weighted by atomic mass is 10.1. The molecule has 0 amide bonds. The third kappa shape index (κ3) is 12.2. The first kappa shape index (κ1) is 14.2. The number of allylic oxidation sites excluding steroid dienone is 2. The summed E-state index contributed by atoms with van der Waals surface area (Å²) in [6, 6.07) is 0. The van der Waals surface area contributed by atoms with Crippen LogP contribution in [0.5, 0.6) is 0 Å². The highest BCUT2D eigenvalue weighted by Crippen LogP contribution is 2.07. The predicted molar refractivity (Wildman–Crippen MR) is 70.2 cm³/mol. The normalized spacial score (nSPS) is 11.3. The van der Waals surface area contributed by atoms with Gasteiger partial charge in [0.2, 0.25) is 0 Å². The lowest BCUT2D eigenvalue weighted by Gasteiger charge is -1.97. The number of rotatable bonds is 10. The fraction of sp³-hybridized carbons (Fsp3) is 0.846. The van der Waals surface area contributed by atoms with E-state index in [-0.39, 0.29) is 0 Å². The summed E-state index contributed by atoms with van der Waals surface area (Å²) in [5.41, 5.74) is 0. The molecule has 0 atom stereocenters. The van der Waals surface area contributed by atoms with Crippen molar-refractivity contribution in [2.75, 3.05) is 5.33 Å². The maximum absolute atomic E-state index is 3.43. The van der Waals surface area contributed by atoms with Gasteiger partial charge in [-0.1, -0.05) is 67.1 Å². The lowest BCUT2D eigenvalue weighted by molar-refractivity contribution is 0.611. The predicted octanol–water partition coefficient (Wildman–Crippen LogP) is 5.47. The van der Waals surface area contributed by atoms with Crippen LogP contribution in [0, 0.1) is 0 Å². The van der Waals surface area contributed by atoms with Gasteiger partial charge in [0.1, 0.15) is 0 Å². The fourth-order valence-electron chi connectivity index (χ4n) is 1.47. The van der Waals surface area contributed by atoms with Crippen molar-refractivity contribution in [3.63, 3.8) is 0 Å². The summed E-state index contributed by atoms with van der Waals surface area (Å²) in [5, 5.41) is 1.13. The number of hydrogen-bond acceptors (Lipinski definition) is 0. The van der Waals surface area contributed by atoms with Crippen LogP contribution in [-0.2, 0) is 0 Å². The van der Waals surface area contributed by atoms with E-state index in [1.54, 1.807) is 0 Å². The van der Waals surface area contributed by atoms with Crippen LogP contribution in [0.25, 0.3) is 0 Å². The molecule has 0 aromatic heterocycles. The Kier molecular flexibility index (Phi) is 13.4. The Balaban J connectivity index is 2.94. The van der Waals surface area contributed by atoms with E-state index in [1.807, 2.05) is 0 Å². The van der Waals surface area contributed by atoms with Crippen molar-refractivity contribution >= 4 is 15.9 Å². The summed E-state index contributed by atoms with van der Waals surface area (Å²) >= 11 is 3.43. The first-order valence-electron chi connectivity index (χ1n) is 6.12. The van der Waals surface area contributed by atoms with Crippen molar-refractivity contribution in [3.05, 3.63) is 12.2 Å². The molecule has 0 nitrogen and oxygen atoms in total. The molecule has 0 aliphatic rings. The van der Waals surface area contributed by atoms with Crippen molar-refractivity contribution in [2.45, 2.75) is 64.7 Å². The van der Waals surface area contributed by atoms with Crippen LogP contribution in [-0.4, -0.2) is 5.33 Å². The van der Waals surface area contributed by atoms with Crippen LogP contribution in [0.3, 0.4) is 0 Å². The topological polar surface area (TPSA) is 0 Å². The van der Waals surface area contributed by atoms with Gasteiger partial charge in [-0.05, 0) is 25.7 Å². The smallest absolute Gasteiger partial charge is 0.00342 e. The summed E-state index contributed by atoms with van der Waals surface area (Å²) in [6.07, 6.45) is 16.9. The number of hydrogen-bond donors (Lipinski definition) is 0. The molecule has 0 unspecified atom stereocenters. The average molecular weight is 261 g/mol. The van der Waals surface area contributed by atoms with Crippen LogP contribution in [0.15, 0.2) is 12.2 Å². The molecule has 1 heteroatoms. The van der Waals surface area contributed by atoms with Crippen molar-refractivity contribution in [1.82, 2.24) is 0 Å². The van der Waals surface area contributed by atoms with E-state index in [2.05, 4.69) is 35.0 Å². The highest BCUT2D eigenvalue weighted by atomic mass is 79.9. The second-order valence-corrected chi connectivity index (χ2v) is 4.65. The van der Waals surface area contributed by atoms with Crippen LogP contribution in [0.1, 0.15) is 64.7 Å². The second kappa shape index (κ2) is 13.2. The van der Waals surface area contributed by atoms with Crippen LogP contribution in [0.4, 0.5) is 0 Å². The van der Waals surface area contributed by atoms with Crippen LogP contribution < -0.4 is 0 Å². The van der Waals surface area contributed by atoms with Crippen LogP contribution >= 0.6 is 15.9 Å². The van der Waals surface area contributed by atoms with Gasteiger partial charge in [-0.3, -0.25) is 0 Å². The van der Waals surface area contributed by atoms with Gasteiger partial charge >= 0.3 is 0 Å². The van der Waals surface area contributed by atoms with Crippen molar-refractivity contribution in [1.29, 1.82) is 0 Å². The van der Waals surface area contributed by atoms with Crippen molar-refractivity contribution in [2.24, 2.45) is 0 Å². The third-order valence-electron chi connectivity index (χ3n) is 2.40.